The fourth-order valence-corrected chi connectivity index (χ4v) is 3.00. The number of amides is 1. The van der Waals surface area contributed by atoms with E-state index < -0.39 is 6.09 Å². The fraction of sp³-hybridized carbons (Fsp3) is 0.467. The number of carbonyl (C=O) groups excluding carboxylic acids is 1. The van der Waals surface area contributed by atoms with Gasteiger partial charge in [0.15, 0.2) is 5.75 Å². The van der Waals surface area contributed by atoms with Crippen LogP contribution < -0.4 is 10.1 Å². The van der Waals surface area contributed by atoms with Gasteiger partial charge in [-0.15, -0.1) is 0 Å². The van der Waals surface area contributed by atoms with E-state index in [0.717, 1.165) is 30.5 Å². The molecule has 2 aliphatic heterocycles. The van der Waals surface area contributed by atoms with E-state index in [1.165, 1.54) is 4.90 Å². The Labute approximate surface area is 122 Å². The number of fused-ring (bicyclic) bond motifs is 1. The van der Waals surface area contributed by atoms with Crippen molar-refractivity contribution in [3.63, 3.8) is 0 Å². The predicted octanol–water partition coefficient (Wildman–Crippen LogP) is 1.95. The third-order valence-corrected chi connectivity index (χ3v) is 4.00. The van der Waals surface area contributed by atoms with Crippen LogP contribution in [-0.2, 0) is 11.2 Å². The third-order valence-electron chi connectivity index (χ3n) is 4.00. The molecule has 6 heteroatoms. The summed E-state index contributed by atoms with van der Waals surface area (Å²) in [6.45, 7) is 1.41. The SMILES string of the molecule is O=C1CNc2cc(CC3CCCN(C(=O)O)C3)ccc2O1. The zero-order valence-corrected chi connectivity index (χ0v) is 11.7. The van der Waals surface area contributed by atoms with E-state index in [4.69, 9.17) is 9.84 Å². The molecular formula is C15H18N2O4. The van der Waals surface area contributed by atoms with E-state index in [1.54, 1.807) is 6.07 Å². The van der Waals surface area contributed by atoms with Crippen molar-refractivity contribution in [1.29, 1.82) is 0 Å². The number of nitrogens with zero attached hydrogens (tertiary/aromatic N) is 1. The molecule has 1 amide bonds. The van der Waals surface area contributed by atoms with E-state index in [1.807, 2.05) is 12.1 Å². The van der Waals surface area contributed by atoms with Gasteiger partial charge in [-0.2, -0.15) is 0 Å². The summed E-state index contributed by atoms with van der Waals surface area (Å²) in [5.74, 6) is 0.629. The highest BCUT2D eigenvalue weighted by Gasteiger charge is 2.24. The number of piperidine rings is 1. The van der Waals surface area contributed by atoms with Gasteiger partial charge in [-0.25, -0.2) is 9.59 Å². The number of hydrogen-bond donors (Lipinski definition) is 2. The monoisotopic (exact) mass is 290 g/mol. The first-order valence-corrected chi connectivity index (χ1v) is 7.17. The minimum absolute atomic E-state index is 0.187. The van der Waals surface area contributed by atoms with Crippen molar-refractivity contribution in [3.8, 4) is 5.75 Å². The lowest BCUT2D eigenvalue weighted by Gasteiger charge is -2.31. The summed E-state index contributed by atoms with van der Waals surface area (Å²) in [5, 5.41) is 12.1. The molecule has 2 heterocycles. The van der Waals surface area contributed by atoms with Crippen LogP contribution >= 0.6 is 0 Å². The van der Waals surface area contributed by atoms with E-state index in [2.05, 4.69) is 5.32 Å². The Kier molecular flexibility index (Phi) is 3.68. The molecule has 1 fully saturated rings. The van der Waals surface area contributed by atoms with Gasteiger partial charge in [0, 0.05) is 13.1 Å². The summed E-state index contributed by atoms with van der Waals surface area (Å²) < 4.78 is 5.14. The number of hydrogen-bond acceptors (Lipinski definition) is 4. The first-order chi connectivity index (χ1) is 10.1. The average Bonchev–Trinajstić information content (AvgIpc) is 2.48. The maximum Gasteiger partial charge on any atom is 0.407 e. The summed E-state index contributed by atoms with van der Waals surface area (Å²) >= 11 is 0. The second kappa shape index (κ2) is 5.63. The average molecular weight is 290 g/mol. The smallest absolute Gasteiger partial charge is 0.407 e. The summed E-state index contributed by atoms with van der Waals surface area (Å²) in [4.78, 5) is 23.7. The zero-order chi connectivity index (χ0) is 14.8. The van der Waals surface area contributed by atoms with Gasteiger partial charge in [0.25, 0.3) is 0 Å². The Balaban J connectivity index is 1.68. The highest BCUT2D eigenvalue weighted by atomic mass is 16.5. The van der Waals surface area contributed by atoms with Gasteiger partial charge in [-0.3, -0.25) is 0 Å². The van der Waals surface area contributed by atoms with Crippen LogP contribution in [0.2, 0.25) is 0 Å². The number of anilines is 1. The molecule has 0 spiro atoms. The quantitative estimate of drug-likeness (QED) is 0.643. The number of likely N-dealkylation sites (tertiary alicyclic amines) is 1. The lowest BCUT2D eigenvalue weighted by Crippen LogP contribution is -2.39. The first-order valence-electron chi connectivity index (χ1n) is 7.17. The van der Waals surface area contributed by atoms with Gasteiger partial charge in [0.1, 0.15) is 6.54 Å². The van der Waals surface area contributed by atoms with Crippen molar-refractivity contribution in [2.75, 3.05) is 25.0 Å². The molecule has 0 aromatic heterocycles. The van der Waals surface area contributed by atoms with Gasteiger partial charge in [-0.05, 0) is 42.9 Å². The van der Waals surface area contributed by atoms with Crippen molar-refractivity contribution in [2.45, 2.75) is 19.3 Å². The van der Waals surface area contributed by atoms with E-state index in [0.29, 0.717) is 24.8 Å². The highest BCUT2D eigenvalue weighted by Crippen LogP contribution is 2.30. The van der Waals surface area contributed by atoms with E-state index >= 15 is 0 Å². The normalized spacial score (nSPS) is 21.2. The first kappa shape index (κ1) is 13.7. The summed E-state index contributed by atoms with van der Waals surface area (Å²) in [7, 11) is 0. The molecule has 1 atom stereocenters. The Hall–Kier alpha value is -2.24. The molecule has 1 aromatic carbocycles. The Morgan fingerprint density at radius 2 is 2.33 bits per heavy atom. The van der Waals surface area contributed by atoms with E-state index in [9.17, 15) is 9.59 Å². The molecule has 1 saturated heterocycles. The molecule has 3 rings (SSSR count). The zero-order valence-electron chi connectivity index (χ0n) is 11.7. The van der Waals surface area contributed by atoms with Crippen LogP contribution in [0.5, 0.6) is 5.75 Å². The maximum atomic E-state index is 11.2. The summed E-state index contributed by atoms with van der Waals surface area (Å²) in [6.07, 6.45) is 1.96. The number of carboxylic acid groups (broad SMARTS) is 1. The summed E-state index contributed by atoms with van der Waals surface area (Å²) in [5.41, 5.74) is 1.97. The number of carbonyl (C=O) groups is 2. The van der Waals surface area contributed by atoms with Gasteiger partial charge < -0.3 is 20.1 Å². The van der Waals surface area contributed by atoms with Crippen LogP contribution in [0.1, 0.15) is 18.4 Å². The van der Waals surface area contributed by atoms with Crippen LogP contribution in [0.3, 0.4) is 0 Å². The van der Waals surface area contributed by atoms with Crippen molar-refractivity contribution in [2.24, 2.45) is 5.92 Å². The molecule has 0 saturated carbocycles. The highest BCUT2D eigenvalue weighted by molar-refractivity contribution is 5.83. The molecule has 0 radical (unpaired) electrons. The molecule has 1 unspecified atom stereocenters. The van der Waals surface area contributed by atoms with E-state index in [-0.39, 0.29) is 12.5 Å². The minimum atomic E-state index is -0.835. The lowest BCUT2D eigenvalue weighted by atomic mass is 9.91. The van der Waals surface area contributed by atoms with Gasteiger partial charge >= 0.3 is 12.1 Å². The number of nitrogens with one attached hydrogen (secondary N) is 1. The topological polar surface area (TPSA) is 78.9 Å². The number of rotatable bonds is 2. The lowest BCUT2D eigenvalue weighted by molar-refractivity contribution is -0.132. The largest absolute Gasteiger partial charge is 0.465 e. The minimum Gasteiger partial charge on any atom is -0.465 e. The Morgan fingerprint density at radius 3 is 3.14 bits per heavy atom. The van der Waals surface area contributed by atoms with Gasteiger partial charge in [0.2, 0.25) is 0 Å². The van der Waals surface area contributed by atoms with Crippen LogP contribution in [0.4, 0.5) is 10.5 Å². The molecule has 0 aliphatic carbocycles. The Bertz CT molecular complexity index is 573. The predicted molar refractivity (Wildman–Crippen MR) is 76.6 cm³/mol. The molecule has 21 heavy (non-hydrogen) atoms. The third kappa shape index (κ3) is 3.09. The van der Waals surface area contributed by atoms with Crippen LogP contribution in [0, 0.1) is 5.92 Å². The molecule has 2 N–H and O–H groups in total. The van der Waals surface area contributed by atoms with Crippen molar-refractivity contribution < 1.29 is 19.4 Å². The molecule has 6 nitrogen and oxygen atoms in total. The van der Waals surface area contributed by atoms with Crippen molar-refractivity contribution in [3.05, 3.63) is 23.8 Å². The number of benzene rings is 1. The van der Waals surface area contributed by atoms with Crippen LogP contribution in [0.15, 0.2) is 18.2 Å². The van der Waals surface area contributed by atoms with Crippen molar-refractivity contribution >= 4 is 17.7 Å². The number of ether oxygens (including phenoxy) is 1. The fourth-order valence-electron chi connectivity index (χ4n) is 3.00. The molecule has 2 aliphatic rings. The molecular weight excluding hydrogens is 272 g/mol. The van der Waals surface area contributed by atoms with Crippen LogP contribution in [-0.4, -0.2) is 41.7 Å². The van der Waals surface area contributed by atoms with Gasteiger partial charge in [-0.1, -0.05) is 6.07 Å². The molecule has 1 aromatic rings. The number of esters is 1. The molecule has 112 valence electrons. The van der Waals surface area contributed by atoms with Gasteiger partial charge in [0.05, 0.1) is 5.69 Å². The molecule has 0 bridgehead atoms. The maximum absolute atomic E-state index is 11.2. The van der Waals surface area contributed by atoms with Crippen LogP contribution in [0.25, 0.3) is 0 Å². The standard InChI is InChI=1S/C15H18N2O4/c18-14-8-16-12-7-10(3-4-13(12)21-14)6-11-2-1-5-17(9-11)15(19)20/h3-4,7,11,16H,1-2,5-6,8-9H2,(H,19,20). The second-order valence-electron chi connectivity index (χ2n) is 5.60. The van der Waals surface area contributed by atoms with Crippen molar-refractivity contribution in [1.82, 2.24) is 4.90 Å². The Morgan fingerprint density at radius 1 is 1.48 bits per heavy atom. The second-order valence-corrected chi connectivity index (χ2v) is 5.60. The summed E-state index contributed by atoms with van der Waals surface area (Å²) in [6, 6.07) is 5.73.